The number of furan rings is 1. The van der Waals surface area contributed by atoms with Gasteiger partial charge in [0.25, 0.3) is 0 Å². The van der Waals surface area contributed by atoms with Gasteiger partial charge in [-0.15, -0.1) is 10.2 Å². The first-order valence-electron chi connectivity index (χ1n) is 7.54. The van der Waals surface area contributed by atoms with Crippen LogP contribution in [0.3, 0.4) is 0 Å². The van der Waals surface area contributed by atoms with Crippen LogP contribution < -0.4 is 0 Å². The SMILES string of the molecule is C/C=C(OC)\C(=C(/C)OC)n1c(CC)nnc1-c1ccc(C)o1. The molecule has 0 atom stereocenters. The minimum Gasteiger partial charge on any atom is -0.499 e. The molecule has 0 unspecified atom stereocenters. The Hall–Kier alpha value is -2.50. The standard InChI is InChI=1S/C17H23N3O3/c1-7-13(22-6)16(12(4)21-5)20-15(8-2)18-19-17(20)14-10-9-11(3)23-14/h7,9-10H,8H2,1-6H3/b13-7+,16-12-. The summed E-state index contributed by atoms with van der Waals surface area (Å²) in [5.41, 5.74) is 0.767. The molecular weight excluding hydrogens is 294 g/mol. The Balaban J connectivity index is 2.75. The number of hydrogen-bond acceptors (Lipinski definition) is 5. The quantitative estimate of drug-likeness (QED) is 0.599. The second-order valence-corrected chi connectivity index (χ2v) is 5.01. The van der Waals surface area contributed by atoms with E-state index in [1.807, 2.05) is 50.5 Å². The molecule has 6 nitrogen and oxygen atoms in total. The molecule has 0 saturated carbocycles. The monoisotopic (exact) mass is 317 g/mol. The number of methoxy groups -OCH3 is 2. The molecule has 0 saturated heterocycles. The van der Waals surface area contributed by atoms with E-state index in [4.69, 9.17) is 13.9 Å². The second-order valence-electron chi connectivity index (χ2n) is 5.01. The number of nitrogens with zero attached hydrogens (tertiary/aromatic N) is 3. The van der Waals surface area contributed by atoms with Crippen LogP contribution >= 0.6 is 0 Å². The number of ether oxygens (including phenoxy) is 2. The van der Waals surface area contributed by atoms with Crippen LogP contribution in [0.15, 0.2) is 34.1 Å². The van der Waals surface area contributed by atoms with Crippen LogP contribution in [0, 0.1) is 6.92 Å². The number of rotatable bonds is 6. The summed E-state index contributed by atoms with van der Waals surface area (Å²) in [6.45, 7) is 7.72. The lowest BCUT2D eigenvalue weighted by Crippen LogP contribution is -2.10. The Morgan fingerprint density at radius 2 is 2.00 bits per heavy atom. The summed E-state index contributed by atoms with van der Waals surface area (Å²) < 4.78 is 18.6. The summed E-state index contributed by atoms with van der Waals surface area (Å²) in [5.74, 6) is 4.29. The maximum absolute atomic E-state index is 5.73. The van der Waals surface area contributed by atoms with E-state index in [9.17, 15) is 0 Å². The van der Waals surface area contributed by atoms with Gasteiger partial charge in [-0.25, -0.2) is 0 Å². The minimum atomic E-state index is 0.623. The van der Waals surface area contributed by atoms with Crippen LogP contribution in [0.2, 0.25) is 0 Å². The van der Waals surface area contributed by atoms with E-state index in [1.54, 1.807) is 14.2 Å². The Kier molecular flexibility index (Phi) is 5.26. The molecule has 0 aromatic carbocycles. The van der Waals surface area contributed by atoms with E-state index >= 15 is 0 Å². The molecule has 2 aromatic heterocycles. The van der Waals surface area contributed by atoms with E-state index in [-0.39, 0.29) is 0 Å². The molecule has 0 aliphatic rings. The van der Waals surface area contributed by atoms with Crippen molar-refractivity contribution in [2.75, 3.05) is 14.2 Å². The molecule has 0 fully saturated rings. The van der Waals surface area contributed by atoms with Crippen LogP contribution in [-0.4, -0.2) is 29.0 Å². The molecule has 23 heavy (non-hydrogen) atoms. The fraction of sp³-hybridized carbons (Fsp3) is 0.412. The highest BCUT2D eigenvalue weighted by atomic mass is 16.5. The maximum Gasteiger partial charge on any atom is 0.204 e. The molecule has 0 aliphatic carbocycles. The summed E-state index contributed by atoms with van der Waals surface area (Å²) >= 11 is 0. The summed E-state index contributed by atoms with van der Waals surface area (Å²) in [7, 11) is 3.26. The first-order chi connectivity index (χ1) is 11.1. The Bertz CT molecular complexity index is 738. The van der Waals surface area contributed by atoms with Crippen molar-refractivity contribution in [1.82, 2.24) is 14.8 Å². The molecule has 0 amide bonds. The zero-order chi connectivity index (χ0) is 17.0. The molecule has 0 N–H and O–H groups in total. The van der Waals surface area contributed by atoms with Gasteiger partial charge >= 0.3 is 0 Å². The fourth-order valence-electron chi connectivity index (χ4n) is 2.38. The normalized spacial score (nSPS) is 13.0. The average molecular weight is 317 g/mol. The summed E-state index contributed by atoms with van der Waals surface area (Å²) in [4.78, 5) is 0. The fourth-order valence-corrected chi connectivity index (χ4v) is 2.38. The Morgan fingerprint density at radius 3 is 2.48 bits per heavy atom. The van der Waals surface area contributed by atoms with Crippen molar-refractivity contribution in [2.24, 2.45) is 0 Å². The predicted molar refractivity (Wildman–Crippen MR) is 88.5 cm³/mol. The van der Waals surface area contributed by atoms with E-state index in [0.717, 1.165) is 17.3 Å². The van der Waals surface area contributed by atoms with Gasteiger partial charge in [-0.3, -0.25) is 4.57 Å². The largest absolute Gasteiger partial charge is 0.499 e. The second kappa shape index (κ2) is 7.17. The molecule has 0 radical (unpaired) electrons. The van der Waals surface area contributed by atoms with Crippen molar-refractivity contribution in [1.29, 1.82) is 0 Å². The molecule has 124 valence electrons. The van der Waals surface area contributed by atoms with Crippen molar-refractivity contribution in [3.8, 4) is 11.6 Å². The van der Waals surface area contributed by atoms with Crippen molar-refractivity contribution in [3.63, 3.8) is 0 Å². The smallest absolute Gasteiger partial charge is 0.204 e. The third-order valence-electron chi connectivity index (χ3n) is 3.59. The molecule has 0 bridgehead atoms. The van der Waals surface area contributed by atoms with Crippen LogP contribution in [0.1, 0.15) is 32.4 Å². The third kappa shape index (κ3) is 3.16. The number of aromatic nitrogens is 3. The van der Waals surface area contributed by atoms with E-state index in [0.29, 0.717) is 29.5 Å². The summed E-state index contributed by atoms with van der Waals surface area (Å²) in [6, 6.07) is 3.79. The van der Waals surface area contributed by atoms with Gasteiger partial charge in [0.1, 0.15) is 28.8 Å². The molecule has 2 rings (SSSR count). The van der Waals surface area contributed by atoms with Gasteiger partial charge in [0.2, 0.25) is 5.82 Å². The maximum atomic E-state index is 5.73. The van der Waals surface area contributed by atoms with Crippen LogP contribution in [0.4, 0.5) is 0 Å². The molecule has 6 heteroatoms. The Morgan fingerprint density at radius 1 is 1.26 bits per heavy atom. The van der Waals surface area contributed by atoms with E-state index in [1.165, 1.54) is 0 Å². The molecular formula is C17H23N3O3. The average Bonchev–Trinajstić information content (AvgIpc) is 3.17. The highest BCUT2D eigenvalue weighted by Gasteiger charge is 2.23. The molecule has 2 aromatic rings. The molecule has 0 spiro atoms. The lowest BCUT2D eigenvalue weighted by Gasteiger charge is -2.17. The topological polar surface area (TPSA) is 62.3 Å². The number of aryl methyl sites for hydroxylation is 2. The zero-order valence-corrected chi connectivity index (χ0v) is 14.5. The van der Waals surface area contributed by atoms with Gasteiger partial charge in [-0.2, -0.15) is 0 Å². The van der Waals surface area contributed by atoms with Crippen molar-refractivity contribution < 1.29 is 13.9 Å². The van der Waals surface area contributed by atoms with Gasteiger partial charge in [0.05, 0.1) is 14.2 Å². The highest BCUT2D eigenvalue weighted by molar-refractivity contribution is 5.69. The van der Waals surface area contributed by atoms with E-state index in [2.05, 4.69) is 10.2 Å². The Labute approximate surface area is 136 Å². The van der Waals surface area contributed by atoms with Gasteiger partial charge in [0.15, 0.2) is 5.76 Å². The number of hydrogen-bond donors (Lipinski definition) is 0. The third-order valence-corrected chi connectivity index (χ3v) is 3.59. The molecule has 2 heterocycles. The van der Waals surface area contributed by atoms with Crippen molar-refractivity contribution >= 4 is 5.70 Å². The number of allylic oxidation sites excluding steroid dienone is 3. The highest BCUT2D eigenvalue weighted by Crippen LogP contribution is 2.30. The van der Waals surface area contributed by atoms with Gasteiger partial charge < -0.3 is 13.9 Å². The van der Waals surface area contributed by atoms with Crippen molar-refractivity contribution in [2.45, 2.75) is 34.1 Å². The predicted octanol–water partition coefficient (Wildman–Crippen LogP) is 3.79. The van der Waals surface area contributed by atoms with Gasteiger partial charge in [-0.05, 0) is 39.0 Å². The first kappa shape index (κ1) is 16.9. The first-order valence-corrected chi connectivity index (χ1v) is 7.54. The minimum absolute atomic E-state index is 0.623. The summed E-state index contributed by atoms with van der Waals surface area (Å²) in [5, 5.41) is 8.60. The van der Waals surface area contributed by atoms with Gasteiger partial charge in [0, 0.05) is 6.42 Å². The zero-order valence-electron chi connectivity index (χ0n) is 14.5. The van der Waals surface area contributed by atoms with Crippen LogP contribution in [-0.2, 0) is 15.9 Å². The lowest BCUT2D eigenvalue weighted by atomic mass is 10.2. The van der Waals surface area contributed by atoms with Crippen LogP contribution in [0.25, 0.3) is 17.3 Å². The van der Waals surface area contributed by atoms with Crippen molar-refractivity contribution in [3.05, 3.63) is 41.3 Å². The van der Waals surface area contributed by atoms with E-state index < -0.39 is 0 Å². The molecule has 0 aliphatic heterocycles. The van der Waals surface area contributed by atoms with Gasteiger partial charge in [-0.1, -0.05) is 6.92 Å². The van der Waals surface area contributed by atoms with Crippen LogP contribution in [0.5, 0.6) is 0 Å². The lowest BCUT2D eigenvalue weighted by molar-refractivity contribution is 0.278. The summed E-state index contributed by atoms with van der Waals surface area (Å²) in [6.07, 6.45) is 2.60.